The van der Waals surface area contributed by atoms with E-state index < -0.39 is 5.60 Å². The third-order valence-corrected chi connectivity index (χ3v) is 1.57. The summed E-state index contributed by atoms with van der Waals surface area (Å²) in [7, 11) is 0. The van der Waals surface area contributed by atoms with Gasteiger partial charge in [-0.1, -0.05) is 5.57 Å². The van der Waals surface area contributed by atoms with Crippen molar-refractivity contribution in [2.24, 2.45) is 0 Å². The highest BCUT2D eigenvalue weighted by atomic mass is 16.6. The van der Waals surface area contributed by atoms with Gasteiger partial charge in [0, 0.05) is 19.4 Å². The molecule has 0 N–H and O–H groups in total. The van der Waals surface area contributed by atoms with Crippen molar-refractivity contribution < 1.29 is 19.1 Å². The summed E-state index contributed by atoms with van der Waals surface area (Å²) >= 11 is 0. The Morgan fingerprint density at radius 3 is 2.19 bits per heavy atom. The predicted molar refractivity (Wildman–Crippen MR) is 60.9 cm³/mol. The van der Waals surface area contributed by atoms with Crippen LogP contribution in [-0.2, 0) is 19.1 Å². The van der Waals surface area contributed by atoms with Crippen molar-refractivity contribution >= 4 is 11.9 Å². The van der Waals surface area contributed by atoms with E-state index in [1.54, 1.807) is 6.92 Å². The van der Waals surface area contributed by atoms with Crippen LogP contribution in [0, 0.1) is 0 Å². The molecule has 0 aliphatic rings. The third-order valence-electron chi connectivity index (χ3n) is 1.57. The molecule has 0 fully saturated rings. The summed E-state index contributed by atoms with van der Waals surface area (Å²) in [4.78, 5) is 21.9. The molecule has 0 unspecified atom stereocenters. The van der Waals surface area contributed by atoms with Crippen molar-refractivity contribution in [2.75, 3.05) is 6.61 Å². The molecule has 0 radical (unpaired) electrons. The van der Waals surface area contributed by atoms with E-state index in [0.29, 0.717) is 13.0 Å². The lowest BCUT2D eigenvalue weighted by atomic mass is 10.2. The molecule has 0 bridgehead atoms. The lowest BCUT2D eigenvalue weighted by molar-refractivity contribution is -0.148. The Hall–Kier alpha value is -1.32. The Kier molecular flexibility index (Phi) is 5.78. The van der Waals surface area contributed by atoms with Gasteiger partial charge < -0.3 is 9.47 Å². The minimum absolute atomic E-state index is 0.292. The average molecular weight is 228 g/mol. The van der Waals surface area contributed by atoms with Crippen LogP contribution in [0.15, 0.2) is 11.6 Å². The molecule has 0 amide bonds. The molecule has 0 rings (SSSR count). The van der Waals surface area contributed by atoms with Crippen LogP contribution in [0.1, 0.15) is 41.0 Å². The summed E-state index contributed by atoms with van der Waals surface area (Å²) in [5, 5.41) is 0. The Bertz CT molecular complexity index is 284. The van der Waals surface area contributed by atoms with Crippen LogP contribution in [0.3, 0.4) is 0 Å². The molecule has 0 aromatic carbocycles. The summed E-state index contributed by atoms with van der Waals surface area (Å²) in [5.74, 6) is -0.683. The number of hydrogen-bond donors (Lipinski definition) is 0. The van der Waals surface area contributed by atoms with E-state index in [0.717, 1.165) is 5.57 Å². The molecule has 0 atom stereocenters. The summed E-state index contributed by atoms with van der Waals surface area (Å²) in [6.45, 7) is 8.88. The maximum Gasteiger partial charge on any atom is 0.331 e. The highest BCUT2D eigenvalue weighted by Crippen LogP contribution is 2.09. The largest absolute Gasteiger partial charge is 0.466 e. The SMILES string of the molecule is CC(=O)OCC/C(C)=C/C(=O)OC(C)(C)C. The first kappa shape index (κ1) is 14.7. The monoisotopic (exact) mass is 228 g/mol. The fourth-order valence-corrected chi connectivity index (χ4v) is 0.960. The van der Waals surface area contributed by atoms with E-state index in [-0.39, 0.29) is 11.9 Å². The highest BCUT2D eigenvalue weighted by Gasteiger charge is 2.14. The molecular weight excluding hydrogens is 208 g/mol. The molecule has 0 aromatic heterocycles. The number of carbonyl (C=O) groups excluding carboxylic acids is 2. The van der Waals surface area contributed by atoms with Gasteiger partial charge in [0.2, 0.25) is 0 Å². The minimum Gasteiger partial charge on any atom is -0.466 e. The van der Waals surface area contributed by atoms with Crippen molar-refractivity contribution in [1.82, 2.24) is 0 Å². The van der Waals surface area contributed by atoms with Crippen molar-refractivity contribution in [3.05, 3.63) is 11.6 Å². The second-order valence-electron chi connectivity index (χ2n) is 4.61. The van der Waals surface area contributed by atoms with Crippen LogP contribution in [0.25, 0.3) is 0 Å². The summed E-state index contributed by atoms with van der Waals surface area (Å²) in [6.07, 6.45) is 1.97. The fraction of sp³-hybridized carbons (Fsp3) is 0.667. The molecule has 4 nitrogen and oxygen atoms in total. The van der Waals surface area contributed by atoms with Crippen molar-refractivity contribution in [3.63, 3.8) is 0 Å². The molecule has 0 aliphatic carbocycles. The van der Waals surface area contributed by atoms with Gasteiger partial charge in [0.15, 0.2) is 0 Å². The van der Waals surface area contributed by atoms with Gasteiger partial charge in [-0.05, 0) is 27.7 Å². The molecule has 0 spiro atoms. The maximum absolute atomic E-state index is 11.4. The molecule has 16 heavy (non-hydrogen) atoms. The third kappa shape index (κ3) is 9.24. The van der Waals surface area contributed by atoms with Crippen LogP contribution >= 0.6 is 0 Å². The zero-order valence-corrected chi connectivity index (χ0v) is 10.6. The van der Waals surface area contributed by atoms with Gasteiger partial charge in [0.1, 0.15) is 5.60 Å². The zero-order chi connectivity index (χ0) is 12.8. The Balaban J connectivity index is 4.02. The summed E-state index contributed by atoms with van der Waals surface area (Å²) in [5.41, 5.74) is 0.347. The molecule has 92 valence electrons. The smallest absolute Gasteiger partial charge is 0.331 e. The lowest BCUT2D eigenvalue weighted by Gasteiger charge is -2.18. The van der Waals surface area contributed by atoms with Crippen LogP contribution in [0.5, 0.6) is 0 Å². The molecule has 0 saturated carbocycles. The summed E-state index contributed by atoms with van der Waals surface area (Å²) in [6, 6.07) is 0. The number of carbonyl (C=O) groups is 2. The predicted octanol–water partition coefficient (Wildman–Crippen LogP) is 2.23. The number of ether oxygens (including phenoxy) is 2. The topological polar surface area (TPSA) is 52.6 Å². The van der Waals surface area contributed by atoms with Gasteiger partial charge in [0.05, 0.1) is 6.61 Å². The highest BCUT2D eigenvalue weighted by molar-refractivity contribution is 5.83. The second-order valence-corrected chi connectivity index (χ2v) is 4.61. The quantitative estimate of drug-likeness (QED) is 0.547. The minimum atomic E-state index is -0.482. The number of esters is 2. The normalized spacial score (nSPS) is 12.2. The van der Waals surface area contributed by atoms with Gasteiger partial charge in [-0.3, -0.25) is 4.79 Å². The molecule has 0 saturated heterocycles. The number of rotatable bonds is 4. The lowest BCUT2D eigenvalue weighted by Crippen LogP contribution is -2.22. The standard InChI is InChI=1S/C12H20O4/c1-9(6-7-15-10(2)13)8-11(14)16-12(3,4)5/h8H,6-7H2,1-5H3/b9-8+. The van der Waals surface area contributed by atoms with Crippen molar-refractivity contribution in [2.45, 2.75) is 46.6 Å². The number of hydrogen-bond acceptors (Lipinski definition) is 4. The van der Waals surface area contributed by atoms with Gasteiger partial charge in [-0.15, -0.1) is 0 Å². The Morgan fingerprint density at radius 1 is 1.19 bits per heavy atom. The Labute approximate surface area is 96.6 Å². The molecular formula is C12H20O4. The van der Waals surface area contributed by atoms with E-state index >= 15 is 0 Å². The molecule has 0 aromatic rings. The first-order chi connectivity index (χ1) is 7.20. The Morgan fingerprint density at radius 2 is 1.75 bits per heavy atom. The van der Waals surface area contributed by atoms with Crippen molar-refractivity contribution in [1.29, 1.82) is 0 Å². The van der Waals surface area contributed by atoms with Crippen LogP contribution in [0.4, 0.5) is 0 Å². The van der Waals surface area contributed by atoms with Crippen LogP contribution < -0.4 is 0 Å². The van der Waals surface area contributed by atoms with E-state index in [1.165, 1.54) is 13.0 Å². The van der Waals surface area contributed by atoms with E-state index in [2.05, 4.69) is 0 Å². The van der Waals surface area contributed by atoms with E-state index in [1.807, 2.05) is 20.8 Å². The van der Waals surface area contributed by atoms with Crippen molar-refractivity contribution in [3.8, 4) is 0 Å². The maximum atomic E-state index is 11.4. The van der Waals surface area contributed by atoms with E-state index in [4.69, 9.17) is 9.47 Å². The molecule has 4 heteroatoms. The molecule has 0 aliphatic heterocycles. The second kappa shape index (κ2) is 6.30. The first-order valence-corrected chi connectivity index (χ1v) is 5.24. The van der Waals surface area contributed by atoms with Crippen LogP contribution in [-0.4, -0.2) is 24.1 Å². The van der Waals surface area contributed by atoms with Gasteiger partial charge in [-0.25, -0.2) is 4.79 Å². The molecule has 0 heterocycles. The van der Waals surface area contributed by atoms with Gasteiger partial charge >= 0.3 is 11.9 Å². The van der Waals surface area contributed by atoms with E-state index in [9.17, 15) is 9.59 Å². The average Bonchev–Trinajstić information content (AvgIpc) is 1.98. The summed E-state index contributed by atoms with van der Waals surface area (Å²) < 4.78 is 9.88. The van der Waals surface area contributed by atoms with Gasteiger partial charge in [0.25, 0.3) is 0 Å². The van der Waals surface area contributed by atoms with Gasteiger partial charge in [-0.2, -0.15) is 0 Å². The fourth-order valence-electron chi connectivity index (χ4n) is 0.960. The zero-order valence-electron chi connectivity index (χ0n) is 10.6. The first-order valence-electron chi connectivity index (χ1n) is 5.24. The van der Waals surface area contributed by atoms with Crippen LogP contribution in [0.2, 0.25) is 0 Å².